The van der Waals surface area contributed by atoms with Crippen LogP contribution in [0.3, 0.4) is 0 Å². The Balaban J connectivity index is 2.03. The van der Waals surface area contributed by atoms with E-state index in [0.29, 0.717) is 5.25 Å². The van der Waals surface area contributed by atoms with E-state index in [1.807, 2.05) is 11.8 Å². The fourth-order valence-corrected chi connectivity index (χ4v) is 3.13. The average molecular weight is 251 g/mol. The third kappa shape index (κ3) is 3.65. The van der Waals surface area contributed by atoms with Gasteiger partial charge in [-0.1, -0.05) is 31.5 Å². The molecule has 1 aliphatic rings. The lowest BCUT2D eigenvalue weighted by Gasteiger charge is -2.24. The molecule has 0 spiro atoms. The Morgan fingerprint density at radius 3 is 3.06 bits per heavy atom. The summed E-state index contributed by atoms with van der Waals surface area (Å²) in [6.07, 6.45) is 2.31. The van der Waals surface area contributed by atoms with Gasteiger partial charge in [0.15, 0.2) is 0 Å². The van der Waals surface area contributed by atoms with E-state index in [0.717, 1.165) is 31.9 Å². The van der Waals surface area contributed by atoms with Gasteiger partial charge in [0.1, 0.15) is 5.75 Å². The van der Waals surface area contributed by atoms with Crippen molar-refractivity contribution in [2.75, 3.05) is 25.4 Å². The third-order valence-electron chi connectivity index (χ3n) is 2.95. The highest BCUT2D eigenvalue weighted by Gasteiger charge is 2.18. The molecule has 3 heteroatoms. The molecule has 1 fully saturated rings. The van der Waals surface area contributed by atoms with Crippen molar-refractivity contribution < 1.29 is 4.74 Å². The zero-order chi connectivity index (χ0) is 11.9. The maximum Gasteiger partial charge on any atom is 0.123 e. The smallest absolute Gasteiger partial charge is 0.123 e. The van der Waals surface area contributed by atoms with Gasteiger partial charge in [0.25, 0.3) is 0 Å². The normalized spacial score (nSPS) is 20.2. The van der Waals surface area contributed by atoms with Crippen molar-refractivity contribution in [2.45, 2.75) is 25.0 Å². The summed E-state index contributed by atoms with van der Waals surface area (Å²) in [7, 11) is 0. The molecular formula is C14H21NOS. The van der Waals surface area contributed by atoms with E-state index < -0.39 is 0 Å². The molecule has 0 saturated carbocycles. The molecule has 94 valence electrons. The minimum Gasteiger partial charge on any atom is -0.493 e. The van der Waals surface area contributed by atoms with Gasteiger partial charge < -0.3 is 10.1 Å². The van der Waals surface area contributed by atoms with Crippen molar-refractivity contribution >= 4 is 11.8 Å². The molecule has 1 N–H and O–H groups in total. The maximum atomic E-state index is 5.89. The van der Waals surface area contributed by atoms with E-state index in [4.69, 9.17) is 4.74 Å². The van der Waals surface area contributed by atoms with Crippen LogP contribution in [-0.4, -0.2) is 25.4 Å². The Morgan fingerprint density at radius 1 is 1.41 bits per heavy atom. The molecular weight excluding hydrogens is 230 g/mol. The van der Waals surface area contributed by atoms with Crippen molar-refractivity contribution in [2.24, 2.45) is 0 Å². The van der Waals surface area contributed by atoms with Crippen molar-refractivity contribution in [1.29, 1.82) is 0 Å². The Morgan fingerprint density at radius 2 is 2.29 bits per heavy atom. The average Bonchev–Trinajstić information content (AvgIpc) is 2.41. The van der Waals surface area contributed by atoms with Crippen molar-refractivity contribution in [3.05, 3.63) is 29.8 Å². The Bertz CT molecular complexity index is 337. The molecule has 0 aromatic heterocycles. The number of nitrogens with one attached hydrogen (secondary N) is 1. The molecule has 0 bridgehead atoms. The second-order valence-electron chi connectivity index (χ2n) is 4.30. The Labute approximate surface area is 108 Å². The Hall–Kier alpha value is -0.670. The Kier molecular flexibility index (Phi) is 5.20. The molecule has 1 unspecified atom stereocenters. The molecule has 1 aromatic carbocycles. The van der Waals surface area contributed by atoms with Crippen LogP contribution in [0.4, 0.5) is 0 Å². The van der Waals surface area contributed by atoms with E-state index in [1.165, 1.54) is 17.7 Å². The summed E-state index contributed by atoms with van der Waals surface area (Å²) in [6, 6.07) is 8.47. The van der Waals surface area contributed by atoms with E-state index in [9.17, 15) is 0 Å². The fourth-order valence-electron chi connectivity index (χ4n) is 1.97. The van der Waals surface area contributed by atoms with Gasteiger partial charge in [-0.05, 0) is 12.5 Å². The molecule has 1 heterocycles. The predicted octanol–water partition coefficient (Wildman–Crippen LogP) is 3.24. The lowest BCUT2D eigenvalue weighted by atomic mass is 10.1. The second-order valence-corrected chi connectivity index (χ2v) is 5.61. The molecule has 0 amide bonds. The summed E-state index contributed by atoms with van der Waals surface area (Å²) < 4.78 is 5.89. The summed E-state index contributed by atoms with van der Waals surface area (Å²) in [5.74, 6) is 2.26. The lowest BCUT2D eigenvalue weighted by molar-refractivity contribution is 0.306. The molecule has 17 heavy (non-hydrogen) atoms. The summed E-state index contributed by atoms with van der Waals surface area (Å²) >= 11 is 2.03. The third-order valence-corrected chi connectivity index (χ3v) is 4.21. The second kappa shape index (κ2) is 6.92. The largest absolute Gasteiger partial charge is 0.493 e. The monoisotopic (exact) mass is 251 g/mol. The number of ether oxygens (including phenoxy) is 1. The van der Waals surface area contributed by atoms with Gasteiger partial charge in [0.2, 0.25) is 0 Å². The molecule has 0 radical (unpaired) electrons. The van der Waals surface area contributed by atoms with Crippen LogP contribution in [0.25, 0.3) is 0 Å². The number of para-hydroxylation sites is 1. The predicted molar refractivity (Wildman–Crippen MR) is 74.9 cm³/mol. The molecule has 1 aliphatic heterocycles. The van der Waals surface area contributed by atoms with Crippen LogP contribution in [0, 0.1) is 0 Å². The zero-order valence-electron chi connectivity index (χ0n) is 10.4. The highest BCUT2D eigenvalue weighted by atomic mass is 32.2. The van der Waals surface area contributed by atoms with Crippen molar-refractivity contribution in [1.82, 2.24) is 5.32 Å². The standard InChI is InChI=1S/C14H21NOS/c1-2-3-9-16-13-7-5-4-6-12(13)14-11-15-8-10-17-14/h4-7,14-15H,2-3,8-11H2,1H3. The van der Waals surface area contributed by atoms with E-state index in [1.54, 1.807) is 0 Å². The van der Waals surface area contributed by atoms with Gasteiger partial charge in [0, 0.05) is 29.7 Å². The van der Waals surface area contributed by atoms with Gasteiger partial charge in [-0.3, -0.25) is 0 Å². The highest BCUT2D eigenvalue weighted by Crippen LogP contribution is 2.35. The van der Waals surface area contributed by atoms with Crippen LogP contribution in [0.5, 0.6) is 5.75 Å². The first-order valence-electron chi connectivity index (χ1n) is 6.46. The topological polar surface area (TPSA) is 21.3 Å². The molecule has 0 aliphatic carbocycles. The molecule has 1 saturated heterocycles. The number of hydrogen-bond donors (Lipinski definition) is 1. The lowest BCUT2D eigenvalue weighted by Crippen LogP contribution is -2.28. The summed E-state index contributed by atoms with van der Waals surface area (Å²) in [6.45, 7) is 5.20. The zero-order valence-corrected chi connectivity index (χ0v) is 11.3. The van der Waals surface area contributed by atoms with Crippen LogP contribution >= 0.6 is 11.8 Å². The van der Waals surface area contributed by atoms with E-state index in [2.05, 4.69) is 36.5 Å². The van der Waals surface area contributed by atoms with Crippen molar-refractivity contribution in [3.8, 4) is 5.75 Å². The summed E-state index contributed by atoms with van der Waals surface area (Å²) in [5.41, 5.74) is 1.35. The van der Waals surface area contributed by atoms with Gasteiger partial charge in [0.05, 0.1) is 6.61 Å². The van der Waals surface area contributed by atoms with Crippen LogP contribution in [0.15, 0.2) is 24.3 Å². The van der Waals surface area contributed by atoms with Crippen LogP contribution in [0.1, 0.15) is 30.6 Å². The minimum absolute atomic E-state index is 0.543. The molecule has 1 atom stereocenters. The first-order valence-corrected chi connectivity index (χ1v) is 7.50. The van der Waals surface area contributed by atoms with Gasteiger partial charge in [-0.2, -0.15) is 11.8 Å². The number of hydrogen-bond acceptors (Lipinski definition) is 3. The number of rotatable bonds is 5. The molecule has 2 rings (SSSR count). The highest BCUT2D eigenvalue weighted by molar-refractivity contribution is 7.99. The fraction of sp³-hybridized carbons (Fsp3) is 0.571. The minimum atomic E-state index is 0.543. The number of benzene rings is 1. The molecule has 1 aromatic rings. The molecule has 2 nitrogen and oxygen atoms in total. The van der Waals surface area contributed by atoms with Crippen LogP contribution < -0.4 is 10.1 Å². The van der Waals surface area contributed by atoms with Gasteiger partial charge in [-0.15, -0.1) is 0 Å². The first-order chi connectivity index (χ1) is 8.42. The van der Waals surface area contributed by atoms with E-state index >= 15 is 0 Å². The first kappa shape index (κ1) is 12.8. The summed E-state index contributed by atoms with van der Waals surface area (Å²) in [5, 5.41) is 3.99. The number of thioether (sulfide) groups is 1. The van der Waals surface area contributed by atoms with Crippen LogP contribution in [-0.2, 0) is 0 Å². The summed E-state index contributed by atoms with van der Waals surface area (Å²) in [4.78, 5) is 0. The quantitative estimate of drug-likeness (QED) is 0.812. The van der Waals surface area contributed by atoms with Gasteiger partial charge >= 0.3 is 0 Å². The van der Waals surface area contributed by atoms with E-state index in [-0.39, 0.29) is 0 Å². The van der Waals surface area contributed by atoms with Crippen molar-refractivity contribution in [3.63, 3.8) is 0 Å². The van der Waals surface area contributed by atoms with Gasteiger partial charge in [-0.25, -0.2) is 0 Å². The number of unbranched alkanes of at least 4 members (excludes halogenated alkanes) is 1. The van der Waals surface area contributed by atoms with Crippen LogP contribution in [0.2, 0.25) is 0 Å². The maximum absolute atomic E-state index is 5.89. The SMILES string of the molecule is CCCCOc1ccccc1C1CNCCS1.